The van der Waals surface area contributed by atoms with E-state index in [4.69, 9.17) is 18.6 Å². The van der Waals surface area contributed by atoms with Gasteiger partial charge in [0.15, 0.2) is 16.3 Å². The highest BCUT2D eigenvalue weighted by molar-refractivity contribution is 7.07. The van der Waals surface area contributed by atoms with Crippen molar-refractivity contribution < 1.29 is 28.3 Å². The first kappa shape index (κ1) is 31.2. The molecule has 3 aromatic carbocycles. The number of nitrogens with zero attached hydrogens (tertiary/aromatic N) is 3. The lowest BCUT2D eigenvalue weighted by Crippen LogP contribution is -2.39. The molecule has 0 saturated carbocycles. The van der Waals surface area contributed by atoms with E-state index in [1.807, 2.05) is 36.4 Å². The lowest BCUT2D eigenvalue weighted by Gasteiger charge is -2.22. The summed E-state index contributed by atoms with van der Waals surface area (Å²) in [5.74, 6) is 1.05. The number of fused-ring (bicyclic) bond motifs is 1. The van der Waals surface area contributed by atoms with Crippen LogP contribution in [0.1, 0.15) is 36.8 Å². The molecule has 11 nitrogen and oxygen atoms in total. The average molecular weight is 652 g/mol. The monoisotopic (exact) mass is 651 g/mol. The molecular formula is C35H29N3O8S. The number of non-ortho nitro benzene ring substituents is 1. The summed E-state index contributed by atoms with van der Waals surface area (Å²) in [7, 11) is 1.55. The Labute approximate surface area is 272 Å². The molecule has 3 heterocycles. The van der Waals surface area contributed by atoms with Crippen LogP contribution in [0.2, 0.25) is 0 Å². The lowest BCUT2D eigenvalue weighted by atomic mass is 10.0. The van der Waals surface area contributed by atoms with Crippen LogP contribution in [0.3, 0.4) is 0 Å². The fourth-order valence-corrected chi connectivity index (χ4v) is 6.31. The van der Waals surface area contributed by atoms with E-state index >= 15 is 0 Å². The number of thiazole rings is 1. The third-order valence-electron chi connectivity index (χ3n) is 7.48. The maximum absolute atomic E-state index is 14.0. The van der Waals surface area contributed by atoms with E-state index in [2.05, 4.69) is 4.99 Å². The molecule has 12 heteroatoms. The SMILES string of the molecule is CCOC(=O)C1=C(C)N=c2s/c(=C\c3ccc(OCc4ccccc4)c(OC)c3)c(=O)n2[C@H]1c1ccc(-c2cccc([N+](=O)[O-])c2)o1. The number of hydrogen-bond donors (Lipinski definition) is 0. The molecule has 0 unspecified atom stereocenters. The number of furan rings is 1. The maximum Gasteiger partial charge on any atom is 0.338 e. The normalized spacial score (nSPS) is 14.4. The van der Waals surface area contributed by atoms with Gasteiger partial charge < -0.3 is 18.6 Å². The van der Waals surface area contributed by atoms with Crippen molar-refractivity contribution in [3.63, 3.8) is 0 Å². The van der Waals surface area contributed by atoms with Gasteiger partial charge in [-0.2, -0.15) is 0 Å². The Hall–Kier alpha value is -5.75. The first-order chi connectivity index (χ1) is 22.8. The minimum absolute atomic E-state index is 0.0937. The predicted molar refractivity (Wildman–Crippen MR) is 175 cm³/mol. The van der Waals surface area contributed by atoms with Gasteiger partial charge in [0.05, 0.1) is 34.4 Å². The van der Waals surface area contributed by atoms with Crippen molar-refractivity contribution in [1.29, 1.82) is 0 Å². The van der Waals surface area contributed by atoms with Crippen molar-refractivity contribution in [1.82, 2.24) is 4.57 Å². The third kappa shape index (κ3) is 6.36. The molecule has 2 aromatic heterocycles. The van der Waals surface area contributed by atoms with Crippen LogP contribution >= 0.6 is 11.3 Å². The second-order valence-electron chi connectivity index (χ2n) is 10.5. The van der Waals surface area contributed by atoms with Gasteiger partial charge in [-0.3, -0.25) is 19.5 Å². The summed E-state index contributed by atoms with van der Waals surface area (Å²) in [6.07, 6.45) is 1.73. The van der Waals surface area contributed by atoms with E-state index < -0.39 is 16.9 Å². The highest BCUT2D eigenvalue weighted by Gasteiger charge is 2.35. The topological polar surface area (TPSA) is 135 Å². The van der Waals surface area contributed by atoms with Crippen LogP contribution in [0, 0.1) is 10.1 Å². The minimum Gasteiger partial charge on any atom is -0.493 e. The Kier molecular flexibility index (Phi) is 8.85. The summed E-state index contributed by atoms with van der Waals surface area (Å²) in [5, 5.41) is 11.4. The Balaban J connectivity index is 1.40. The molecule has 0 saturated heterocycles. The summed E-state index contributed by atoms with van der Waals surface area (Å²) in [4.78, 5) is 43.1. The number of esters is 1. The number of carbonyl (C=O) groups is 1. The van der Waals surface area contributed by atoms with Crippen molar-refractivity contribution in [2.75, 3.05) is 13.7 Å². The van der Waals surface area contributed by atoms with E-state index in [9.17, 15) is 19.7 Å². The molecule has 0 spiro atoms. The molecule has 6 rings (SSSR count). The van der Waals surface area contributed by atoms with E-state index in [-0.39, 0.29) is 29.2 Å². The predicted octanol–water partition coefficient (Wildman–Crippen LogP) is 5.55. The van der Waals surface area contributed by atoms with E-state index in [0.717, 1.165) is 5.56 Å². The number of benzene rings is 3. The summed E-state index contributed by atoms with van der Waals surface area (Å²) in [6, 6.07) is 23.5. The average Bonchev–Trinajstić information content (AvgIpc) is 3.68. The maximum atomic E-state index is 14.0. The third-order valence-corrected chi connectivity index (χ3v) is 8.46. The molecule has 0 bridgehead atoms. The highest BCUT2D eigenvalue weighted by atomic mass is 32.1. The van der Waals surface area contributed by atoms with Crippen LogP contribution in [0.4, 0.5) is 5.69 Å². The van der Waals surface area contributed by atoms with E-state index in [1.165, 1.54) is 28.0 Å². The number of methoxy groups -OCH3 is 1. The van der Waals surface area contributed by atoms with Crippen LogP contribution in [0.15, 0.2) is 110 Å². The van der Waals surface area contributed by atoms with Gasteiger partial charge >= 0.3 is 5.97 Å². The quantitative estimate of drug-likeness (QED) is 0.109. The van der Waals surface area contributed by atoms with Gasteiger partial charge in [0.2, 0.25) is 0 Å². The molecule has 5 aromatic rings. The zero-order valence-electron chi connectivity index (χ0n) is 25.7. The fourth-order valence-electron chi connectivity index (χ4n) is 5.27. The van der Waals surface area contributed by atoms with Crippen molar-refractivity contribution in [2.24, 2.45) is 4.99 Å². The number of aromatic nitrogens is 1. The Bertz CT molecular complexity index is 2200. The van der Waals surface area contributed by atoms with Crippen molar-refractivity contribution in [3.8, 4) is 22.8 Å². The van der Waals surface area contributed by atoms with Crippen molar-refractivity contribution in [3.05, 3.63) is 143 Å². The van der Waals surface area contributed by atoms with Crippen LogP contribution in [0.25, 0.3) is 17.4 Å². The van der Waals surface area contributed by atoms with Crippen molar-refractivity contribution >= 4 is 29.1 Å². The lowest BCUT2D eigenvalue weighted by molar-refractivity contribution is -0.384. The van der Waals surface area contributed by atoms with E-state index in [0.29, 0.717) is 50.0 Å². The molecule has 0 radical (unpaired) electrons. The Morgan fingerprint density at radius 1 is 1.06 bits per heavy atom. The molecule has 238 valence electrons. The van der Waals surface area contributed by atoms with Crippen LogP contribution < -0.4 is 24.4 Å². The molecule has 1 aliphatic rings. The second kappa shape index (κ2) is 13.3. The number of allylic oxidation sites excluding steroid dienone is 1. The summed E-state index contributed by atoms with van der Waals surface area (Å²) >= 11 is 1.17. The van der Waals surface area contributed by atoms with Crippen molar-refractivity contribution in [2.45, 2.75) is 26.5 Å². The van der Waals surface area contributed by atoms with Crippen LogP contribution in [0.5, 0.6) is 11.5 Å². The van der Waals surface area contributed by atoms with Gasteiger partial charge in [-0.05, 0) is 55.3 Å². The van der Waals surface area contributed by atoms with Gasteiger partial charge in [-0.15, -0.1) is 0 Å². The number of ether oxygens (including phenoxy) is 3. The molecule has 0 N–H and O–H groups in total. The van der Waals surface area contributed by atoms with Gasteiger partial charge in [-0.25, -0.2) is 9.79 Å². The number of rotatable bonds is 10. The first-order valence-electron chi connectivity index (χ1n) is 14.7. The summed E-state index contributed by atoms with van der Waals surface area (Å²) < 4.78 is 24.9. The fraction of sp³-hybridized carbons (Fsp3) is 0.171. The summed E-state index contributed by atoms with van der Waals surface area (Å²) in [5.41, 5.74) is 2.25. The Morgan fingerprint density at radius 2 is 1.87 bits per heavy atom. The molecule has 0 fully saturated rings. The second-order valence-corrected chi connectivity index (χ2v) is 11.5. The van der Waals surface area contributed by atoms with Crippen LogP contribution in [-0.4, -0.2) is 29.2 Å². The van der Waals surface area contributed by atoms with Gasteiger partial charge in [0.25, 0.3) is 11.2 Å². The first-order valence-corrected chi connectivity index (χ1v) is 15.5. The van der Waals surface area contributed by atoms with Gasteiger partial charge in [0, 0.05) is 17.7 Å². The number of nitro benzene ring substituents is 1. The van der Waals surface area contributed by atoms with Gasteiger partial charge in [-0.1, -0.05) is 59.9 Å². The molecule has 0 amide bonds. The molecule has 1 aliphatic heterocycles. The zero-order valence-corrected chi connectivity index (χ0v) is 26.5. The van der Waals surface area contributed by atoms with Gasteiger partial charge in [0.1, 0.15) is 24.2 Å². The number of hydrogen-bond acceptors (Lipinski definition) is 10. The van der Waals surface area contributed by atoms with E-state index in [1.54, 1.807) is 63.4 Å². The summed E-state index contributed by atoms with van der Waals surface area (Å²) in [6.45, 7) is 3.86. The molecule has 47 heavy (non-hydrogen) atoms. The standard InChI is InChI=1S/C35H29N3O8S/c1-4-44-34(40)31-21(2)36-35-37(32(31)28-16-15-26(46-28)24-11-8-12-25(19-24)38(41)42)33(39)30(47-35)18-23-13-14-27(29(17-23)43-3)45-20-22-9-6-5-7-10-22/h5-19,32H,4,20H2,1-3H3/b30-18-/t32-/m0/s1. The highest BCUT2D eigenvalue weighted by Crippen LogP contribution is 2.35. The largest absolute Gasteiger partial charge is 0.493 e. The number of carbonyl (C=O) groups excluding carboxylic acids is 1. The molecule has 1 atom stereocenters. The molecule has 0 aliphatic carbocycles. The van der Waals surface area contributed by atoms with Crippen LogP contribution in [-0.2, 0) is 16.1 Å². The smallest absolute Gasteiger partial charge is 0.338 e. The number of nitro groups is 1. The minimum atomic E-state index is -0.983. The molecular weight excluding hydrogens is 622 g/mol. The Morgan fingerprint density at radius 3 is 2.62 bits per heavy atom. The zero-order chi connectivity index (χ0) is 33.1.